The molecule has 0 heterocycles. The highest BCUT2D eigenvalue weighted by molar-refractivity contribution is 5.83. The number of carbonyl (C=O) groups is 1. The Morgan fingerprint density at radius 3 is 2.35 bits per heavy atom. The van der Waals surface area contributed by atoms with Crippen LogP contribution in [0.4, 0.5) is 0 Å². The molecular formula is C19H20O. The quantitative estimate of drug-likeness (QED) is 0.720. The molecule has 0 saturated heterocycles. The molecule has 1 unspecified atom stereocenters. The van der Waals surface area contributed by atoms with Crippen molar-refractivity contribution in [2.24, 2.45) is 0 Å². The predicted molar refractivity (Wildman–Crippen MR) is 84.9 cm³/mol. The highest BCUT2D eigenvalue weighted by atomic mass is 16.1. The number of rotatable bonds is 5. The maximum Gasteiger partial charge on any atom is 0.127 e. The first kappa shape index (κ1) is 14.3. The molecule has 102 valence electrons. The Balaban J connectivity index is 2.51. The second-order valence-corrected chi connectivity index (χ2v) is 5.00. The molecule has 0 aliphatic carbocycles. The summed E-state index contributed by atoms with van der Waals surface area (Å²) in [6.07, 6.45) is 1.96. The van der Waals surface area contributed by atoms with Gasteiger partial charge in [-0.05, 0) is 34.2 Å². The van der Waals surface area contributed by atoms with Crippen molar-refractivity contribution in [3.63, 3.8) is 0 Å². The van der Waals surface area contributed by atoms with Crippen LogP contribution in [-0.2, 0) is 11.2 Å². The Labute approximate surface area is 121 Å². The van der Waals surface area contributed by atoms with Gasteiger partial charge in [0.1, 0.15) is 6.29 Å². The monoisotopic (exact) mass is 264 g/mol. The molecule has 2 rings (SSSR count). The van der Waals surface area contributed by atoms with Gasteiger partial charge in [-0.1, -0.05) is 69.0 Å². The lowest BCUT2D eigenvalue weighted by molar-refractivity contribution is -0.108. The van der Waals surface area contributed by atoms with Crippen LogP contribution in [0.15, 0.2) is 55.1 Å². The second kappa shape index (κ2) is 6.33. The number of aryl methyl sites for hydroxylation is 1. The van der Waals surface area contributed by atoms with E-state index in [1.54, 1.807) is 0 Å². The molecule has 2 aromatic rings. The third kappa shape index (κ3) is 2.72. The van der Waals surface area contributed by atoms with E-state index >= 15 is 0 Å². The van der Waals surface area contributed by atoms with Gasteiger partial charge in [0.25, 0.3) is 0 Å². The normalized spacial score (nSPS) is 11.9. The zero-order valence-corrected chi connectivity index (χ0v) is 12.1. The summed E-state index contributed by atoms with van der Waals surface area (Å²) >= 11 is 0. The van der Waals surface area contributed by atoms with Crippen LogP contribution in [0.2, 0.25) is 0 Å². The van der Waals surface area contributed by atoms with E-state index in [4.69, 9.17) is 0 Å². The van der Waals surface area contributed by atoms with Crippen LogP contribution in [0.1, 0.15) is 42.0 Å². The van der Waals surface area contributed by atoms with Crippen LogP contribution in [0.25, 0.3) is 5.57 Å². The Bertz CT molecular complexity index is 625. The van der Waals surface area contributed by atoms with Crippen molar-refractivity contribution in [2.45, 2.75) is 26.2 Å². The summed E-state index contributed by atoms with van der Waals surface area (Å²) in [4.78, 5) is 11.1. The van der Waals surface area contributed by atoms with Crippen LogP contribution < -0.4 is 0 Å². The minimum Gasteiger partial charge on any atom is -0.303 e. The van der Waals surface area contributed by atoms with Gasteiger partial charge in [-0.3, -0.25) is 0 Å². The zero-order valence-electron chi connectivity index (χ0n) is 12.1. The summed E-state index contributed by atoms with van der Waals surface area (Å²) in [5.41, 5.74) is 5.55. The SMILES string of the molecule is C=C(c1ccccc1CC)c1ccccc1C(C)C=O. The maximum absolute atomic E-state index is 11.1. The average molecular weight is 264 g/mol. The van der Waals surface area contributed by atoms with Crippen molar-refractivity contribution in [3.05, 3.63) is 77.4 Å². The molecule has 0 aromatic heterocycles. The maximum atomic E-state index is 11.1. The minimum atomic E-state index is -0.114. The number of hydrogen-bond donors (Lipinski definition) is 0. The van der Waals surface area contributed by atoms with E-state index in [1.165, 1.54) is 11.1 Å². The van der Waals surface area contributed by atoms with Crippen LogP contribution in [0.5, 0.6) is 0 Å². The van der Waals surface area contributed by atoms with Crippen molar-refractivity contribution in [2.75, 3.05) is 0 Å². The molecule has 1 nitrogen and oxygen atoms in total. The Morgan fingerprint density at radius 1 is 1.10 bits per heavy atom. The Kier molecular flexibility index (Phi) is 4.52. The first-order valence-corrected chi connectivity index (χ1v) is 7.00. The van der Waals surface area contributed by atoms with Crippen LogP contribution >= 0.6 is 0 Å². The lowest BCUT2D eigenvalue weighted by Gasteiger charge is -2.16. The van der Waals surface area contributed by atoms with E-state index in [1.807, 2.05) is 37.3 Å². The first-order chi connectivity index (χ1) is 9.69. The third-order valence-electron chi connectivity index (χ3n) is 3.70. The summed E-state index contributed by atoms with van der Waals surface area (Å²) in [5, 5.41) is 0. The molecule has 0 fully saturated rings. The molecule has 0 amide bonds. The average Bonchev–Trinajstić information content (AvgIpc) is 2.53. The van der Waals surface area contributed by atoms with E-state index in [0.29, 0.717) is 0 Å². The van der Waals surface area contributed by atoms with Gasteiger partial charge in [0.2, 0.25) is 0 Å². The number of aldehydes is 1. The van der Waals surface area contributed by atoms with E-state index in [-0.39, 0.29) is 5.92 Å². The van der Waals surface area contributed by atoms with Crippen molar-refractivity contribution in [1.29, 1.82) is 0 Å². The lowest BCUT2D eigenvalue weighted by Crippen LogP contribution is -2.01. The minimum absolute atomic E-state index is 0.114. The van der Waals surface area contributed by atoms with Gasteiger partial charge in [-0.15, -0.1) is 0 Å². The van der Waals surface area contributed by atoms with E-state index in [0.717, 1.165) is 29.4 Å². The largest absolute Gasteiger partial charge is 0.303 e. The molecule has 0 bridgehead atoms. The zero-order chi connectivity index (χ0) is 14.5. The van der Waals surface area contributed by atoms with Gasteiger partial charge in [-0.25, -0.2) is 0 Å². The molecule has 0 aliphatic rings. The van der Waals surface area contributed by atoms with E-state index < -0.39 is 0 Å². The van der Waals surface area contributed by atoms with Gasteiger partial charge in [0.15, 0.2) is 0 Å². The van der Waals surface area contributed by atoms with Gasteiger partial charge >= 0.3 is 0 Å². The molecule has 1 atom stereocenters. The highest BCUT2D eigenvalue weighted by Crippen LogP contribution is 2.30. The molecule has 0 saturated carbocycles. The first-order valence-electron chi connectivity index (χ1n) is 7.00. The Hall–Kier alpha value is -2.15. The molecule has 0 spiro atoms. The molecule has 0 radical (unpaired) electrons. The third-order valence-corrected chi connectivity index (χ3v) is 3.70. The fraction of sp³-hybridized carbons (Fsp3) is 0.211. The fourth-order valence-corrected chi connectivity index (χ4v) is 2.51. The number of benzene rings is 2. The molecule has 2 aromatic carbocycles. The van der Waals surface area contributed by atoms with Crippen molar-refractivity contribution in [1.82, 2.24) is 0 Å². The van der Waals surface area contributed by atoms with Crippen molar-refractivity contribution >= 4 is 11.9 Å². The topological polar surface area (TPSA) is 17.1 Å². The van der Waals surface area contributed by atoms with Gasteiger partial charge < -0.3 is 4.79 Å². The molecule has 1 heteroatoms. The standard InChI is InChI=1S/C19H20O/c1-4-16-9-5-6-11-18(16)15(3)19-12-8-7-10-17(19)14(2)13-20/h5-14H,3-4H2,1-2H3. The van der Waals surface area contributed by atoms with Crippen LogP contribution in [0.3, 0.4) is 0 Å². The summed E-state index contributed by atoms with van der Waals surface area (Å²) < 4.78 is 0. The number of carbonyl (C=O) groups excluding carboxylic acids is 1. The van der Waals surface area contributed by atoms with Crippen LogP contribution in [-0.4, -0.2) is 6.29 Å². The summed E-state index contributed by atoms with van der Waals surface area (Å²) in [6.45, 7) is 8.33. The molecule has 0 aliphatic heterocycles. The molecule has 20 heavy (non-hydrogen) atoms. The van der Waals surface area contributed by atoms with Gasteiger partial charge in [0.05, 0.1) is 0 Å². The van der Waals surface area contributed by atoms with Gasteiger partial charge in [0, 0.05) is 5.92 Å². The van der Waals surface area contributed by atoms with E-state index in [9.17, 15) is 4.79 Å². The highest BCUT2D eigenvalue weighted by Gasteiger charge is 2.14. The summed E-state index contributed by atoms with van der Waals surface area (Å²) in [6, 6.07) is 16.3. The van der Waals surface area contributed by atoms with Crippen molar-refractivity contribution < 1.29 is 4.79 Å². The smallest absolute Gasteiger partial charge is 0.127 e. The van der Waals surface area contributed by atoms with Gasteiger partial charge in [-0.2, -0.15) is 0 Å². The molecule has 0 N–H and O–H groups in total. The predicted octanol–water partition coefficient (Wildman–Crippen LogP) is 4.61. The van der Waals surface area contributed by atoms with Crippen molar-refractivity contribution in [3.8, 4) is 0 Å². The fourth-order valence-electron chi connectivity index (χ4n) is 2.51. The van der Waals surface area contributed by atoms with E-state index in [2.05, 4.69) is 31.7 Å². The summed E-state index contributed by atoms with van der Waals surface area (Å²) in [7, 11) is 0. The Morgan fingerprint density at radius 2 is 1.70 bits per heavy atom. The second-order valence-electron chi connectivity index (χ2n) is 5.00. The lowest BCUT2D eigenvalue weighted by atomic mass is 9.88. The van der Waals surface area contributed by atoms with Crippen LogP contribution in [0, 0.1) is 0 Å². The number of hydrogen-bond acceptors (Lipinski definition) is 1. The molecular weight excluding hydrogens is 244 g/mol. The summed E-state index contributed by atoms with van der Waals surface area (Å²) in [5.74, 6) is -0.114.